The summed E-state index contributed by atoms with van der Waals surface area (Å²) in [6.07, 6.45) is 5.78. The summed E-state index contributed by atoms with van der Waals surface area (Å²) in [6.45, 7) is 3.58. The maximum Gasteiger partial charge on any atom is 0.323 e. The Morgan fingerprint density at radius 2 is 1.81 bits per heavy atom. The van der Waals surface area contributed by atoms with Crippen molar-refractivity contribution in [3.63, 3.8) is 0 Å². The highest BCUT2D eigenvalue weighted by molar-refractivity contribution is 6.00. The molecule has 0 radical (unpaired) electrons. The second kappa shape index (κ2) is 10.1. The molecule has 8 nitrogen and oxygen atoms in total. The van der Waals surface area contributed by atoms with Gasteiger partial charge in [0, 0.05) is 59.6 Å². The number of fused-ring (bicyclic) bond motifs is 1. The van der Waals surface area contributed by atoms with Crippen molar-refractivity contribution in [1.82, 2.24) is 24.6 Å². The van der Waals surface area contributed by atoms with E-state index >= 15 is 0 Å². The van der Waals surface area contributed by atoms with Crippen LogP contribution >= 0.6 is 0 Å². The van der Waals surface area contributed by atoms with Gasteiger partial charge in [0.05, 0.1) is 0 Å². The van der Waals surface area contributed by atoms with E-state index in [9.17, 15) is 4.79 Å². The Kier molecular flexibility index (Phi) is 6.51. The number of benzene rings is 2. The summed E-state index contributed by atoms with van der Waals surface area (Å²) >= 11 is 0. The summed E-state index contributed by atoms with van der Waals surface area (Å²) in [6, 6.07) is 19.3. The highest BCUT2D eigenvalue weighted by Crippen LogP contribution is 2.35. The molecule has 0 aliphatic rings. The Morgan fingerprint density at radius 3 is 2.58 bits per heavy atom. The van der Waals surface area contributed by atoms with Gasteiger partial charge in [-0.3, -0.25) is 4.68 Å². The van der Waals surface area contributed by atoms with Crippen LogP contribution in [0.3, 0.4) is 0 Å². The second-order valence-electron chi connectivity index (χ2n) is 8.90. The number of hydrogen-bond donors (Lipinski definition) is 3. The Labute approximate surface area is 210 Å². The molecule has 0 saturated carbocycles. The van der Waals surface area contributed by atoms with Crippen LogP contribution in [0.5, 0.6) is 0 Å². The number of anilines is 2. The molecule has 0 aliphatic carbocycles. The van der Waals surface area contributed by atoms with Crippen LogP contribution in [-0.4, -0.2) is 44.8 Å². The zero-order valence-corrected chi connectivity index (χ0v) is 20.6. The minimum absolute atomic E-state index is 0.281. The van der Waals surface area contributed by atoms with E-state index in [0.717, 1.165) is 57.8 Å². The first-order valence-corrected chi connectivity index (χ1v) is 11.9. The second-order valence-corrected chi connectivity index (χ2v) is 8.90. The largest absolute Gasteiger partial charge is 0.346 e. The number of pyridine rings is 1. The van der Waals surface area contributed by atoms with Gasteiger partial charge < -0.3 is 20.5 Å². The topological polar surface area (TPSA) is 90.9 Å². The van der Waals surface area contributed by atoms with Crippen LogP contribution < -0.4 is 10.6 Å². The van der Waals surface area contributed by atoms with Crippen molar-refractivity contribution < 1.29 is 4.79 Å². The van der Waals surface area contributed by atoms with E-state index in [2.05, 4.69) is 38.6 Å². The molecule has 0 saturated heterocycles. The average molecular weight is 480 g/mol. The fourth-order valence-corrected chi connectivity index (χ4v) is 4.31. The average Bonchev–Trinajstić information content (AvgIpc) is 3.52. The van der Waals surface area contributed by atoms with Crippen LogP contribution in [0.4, 0.5) is 16.2 Å². The number of carbonyl (C=O) groups excluding carboxylic acids is 1. The molecule has 0 fully saturated rings. The van der Waals surface area contributed by atoms with Crippen molar-refractivity contribution in [2.75, 3.05) is 24.7 Å². The zero-order chi connectivity index (χ0) is 25.1. The molecule has 5 rings (SSSR count). The molecule has 2 amide bonds. The number of amides is 2. The van der Waals surface area contributed by atoms with Gasteiger partial charge in [0.25, 0.3) is 0 Å². The number of para-hydroxylation sites is 1. The predicted molar refractivity (Wildman–Crippen MR) is 145 cm³/mol. The van der Waals surface area contributed by atoms with Crippen LogP contribution in [0.15, 0.2) is 79.3 Å². The van der Waals surface area contributed by atoms with E-state index in [0.29, 0.717) is 5.69 Å². The van der Waals surface area contributed by atoms with Gasteiger partial charge in [-0.1, -0.05) is 30.3 Å². The molecule has 3 aromatic heterocycles. The normalized spacial score (nSPS) is 11.2. The maximum atomic E-state index is 12.7. The third kappa shape index (κ3) is 4.85. The number of rotatable bonds is 7. The molecule has 8 heteroatoms. The first-order valence-electron chi connectivity index (χ1n) is 11.9. The van der Waals surface area contributed by atoms with Crippen LogP contribution in [0.1, 0.15) is 12.5 Å². The van der Waals surface area contributed by atoms with Crippen LogP contribution in [-0.2, 0) is 13.1 Å². The number of aryl methyl sites for hydroxylation is 1. The minimum atomic E-state index is -0.281. The molecule has 182 valence electrons. The van der Waals surface area contributed by atoms with Crippen molar-refractivity contribution in [1.29, 1.82) is 0 Å². The minimum Gasteiger partial charge on any atom is -0.346 e. The van der Waals surface area contributed by atoms with E-state index in [1.807, 2.05) is 91.8 Å². The zero-order valence-electron chi connectivity index (χ0n) is 20.6. The number of urea groups is 1. The fraction of sp³-hybridized carbons (Fsp3) is 0.179. The Bertz CT molecular complexity index is 1500. The molecule has 36 heavy (non-hydrogen) atoms. The number of nitrogens with zero attached hydrogens (tertiary/aromatic N) is 4. The summed E-state index contributed by atoms with van der Waals surface area (Å²) in [7, 11) is 4.01. The Balaban J connectivity index is 1.37. The van der Waals surface area contributed by atoms with E-state index in [-0.39, 0.29) is 6.03 Å². The van der Waals surface area contributed by atoms with Crippen molar-refractivity contribution in [2.45, 2.75) is 20.0 Å². The van der Waals surface area contributed by atoms with Crippen molar-refractivity contribution in [3.8, 4) is 22.4 Å². The van der Waals surface area contributed by atoms with Gasteiger partial charge in [0.2, 0.25) is 0 Å². The van der Waals surface area contributed by atoms with E-state index in [4.69, 9.17) is 5.10 Å². The van der Waals surface area contributed by atoms with Crippen LogP contribution in [0.25, 0.3) is 33.4 Å². The molecular weight excluding hydrogens is 450 g/mol. The molecule has 5 aromatic rings. The number of hydrogen-bond acceptors (Lipinski definition) is 4. The molecule has 3 heterocycles. The monoisotopic (exact) mass is 479 g/mol. The number of aromatic amines is 1. The highest BCUT2D eigenvalue weighted by atomic mass is 16.2. The van der Waals surface area contributed by atoms with Gasteiger partial charge in [-0.25, -0.2) is 9.78 Å². The summed E-state index contributed by atoms with van der Waals surface area (Å²) in [5.41, 5.74) is 7.38. The lowest BCUT2D eigenvalue weighted by atomic mass is 10.0. The molecule has 0 unspecified atom stereocenters. The Morgan fingerprint density at radius 1 is 1.00 bits per heavy atom. The quantitative estimate of drug-likeness (QED) is 0.274. The number of H-pyrrole nitrogens is 1. The van der Waals surface area contributed by atoms with Crippen LogP contribution in [0.2, 0.25) is 0 Å². The molecule has 0 bridgehead atoms. The SMILES string of the molecule is CCn1cc(-c2ccnc3[nH]ccc23)c(-c2ccc(NC(=O)Nc3ccccc3CN(C)C)cc2)n1. The smallest absolute Gasteiger partial charge is 0.323 e. The molecule has 0 aliphatic heterocycles. The van der Waals surface area contributed by atoms with E-state index in [1.54, 1.807) is 0 Å². The number of nitrogens with one attached hydrogen (secondary N) is 3. The van der Waals surface area contributed by atoms with Gasteiger partial charge >= 0.3 is 6.03 Å². The van der Waals surface area contributed by atoms with E-state index < -0.39 is 0 Å². The first kappa shape index (κ1) is 23.3. The summed E-state index contributed by atoms with van der Waals surface area (Å²) < 4.78 is 1.94. The summed E-state index contributed by atoms with van der Waals surface area (Å²) in [5.74, 6) is 0. The molecule has 3 N–H and O–H groups in total. The van der Waals surface area contributed by atoms with Gasteiger partial charge in [-0.2, -0.15) is 5.10 Å². The van der Waals surface area contributed by atoms with Crippen molar-refractivity contribution in [3.05, 3.63) is 84.8 Å². The lowest BCUT2D eigenvalue weighted by molar-refractivity contribution is 0.262. The molecule has 0 spiro atoms. The standard InChI is InChI=1S/C28H29N7O/c1-4-35-18-24(22-13-15-29-27-23(22)14-16-30-27)26(33-35)19-9-11-21(12-10-19)31-28(36)32-25-8-6-5-7-20(25)17-34(2)3/h5-16,18H,4,17H2,1-3H3,(H,29,30)(H2,31,32,36). The molecule has 2 aromatic carbocycles. The van der Waals surface area contributed by atoms with Crippen molar-refractivity contribution in [2.24, 2.45) is 0 Å². The lowest BCUT2D eigenvalue weighted by Gasteiger charge is -2.15. The molecule has 0 atom stereocenters. The van der Waals surface area contributed by atoms with Gasteiger partial charge in [-0.05, 0) is 62.5 Å². The van der Waals surface area contributed by atoms with Crippen LogP contribution in [0, 0.1) is 0 Å². The Hall–Kier alpha value is -4.43. The highest BCUT2D eigenvalue weighted by Gasteiger charge is 2.16. The number of aromatic nitrogens is 4. The lowest BCUT2D eigenvalue weighted by Crippen LogP contribution is -2.21. The summed E-state index contributed by atoms with van der Waals surface area (Å²) in [5, 5.41) is 11.8. The summed E-state index contributed by atoms with van der Waals surface area (Å²) in [4.78, 5) is 22.4. The predicted octanol–water partition coefficient (Wildman–Crippen LogP) is 5.82. The third-order valence-corrected chi connectivity index (χ3v) is 6.00. The molecular formula is C28H29N7O. The first-order chi connectivity index (χ1) is 17.5. The maximum absolute atomic E-state index is 12.7. The fourth-order valence-electron chi connectivity index (χ4n) is 4.31. The van der Waals surface area contributed by atoms with Gasteiger partial charge in [0.15, 0.2) is 0 Å². The number of carbonyl (C=O) groups is 1. The van der Waals surface area contributed by atoms with E-state index in [1.165, 1.54) is 0 Å². The van der Waals surface area contributed by atoms with Gasteiger partial charge in [-0.15, -0.1) is 0 Å². The van der Waals surface area contributed by atoms with Crippen molar-refractivity contribution >= 4 is 28.4 Å². The third-order valence-electron chi connectivity index (χ3n) is 6.00. The van der Waals surface area contributed by atoms with Gasteiger partial charge in [0.1, 0.15) is 11.3 Å².